The van der Waals surface area contributed by atoms with Crippen molar-refractivity contribution in [2.24, 2.45) is 0 Å². The molecule has 3 heterocycles. The third kappa shape index (κ3) is 3.80. The molecule has 0 saturated heterocycles. The molecule has 0 bridgehead atoms. The van der Waals surface area contributed by atoms with Crippen LogP contribution in [-0.4, -0.2) is 24.3 Å². The molecule has 0 atom stereocenters. The molecule has 3 aromatic carbocycles. The van der Waals surface area contributed by atoms with Crippen LogP contribution in [0.2, 0.25) is 0 Å². The molecular weight excluding hydrogens is 605 g/mol. The number of rotatable bonds is 4. The maximum atomic E-state index is 6.23. The Morgan fingerprint density at radius 3 is 2.44 bits per heavy atom. The van der Waals surface area contributed by atoms with E-state index in [1.165, 1.54) is 0 Å². The van der Waals surface area contributed by atoms with E-state index in [1.54, 1.807) is 12.4 Å². The van der Waals surface area contributed by atoms with E-state index in [2.05, 4.69) is 45.4 Å². The van der Waals surface area contributed by atoms with Crippen LogP contribution in [0.15, 0.2) is 85.2 Å². The van der Waals surface area contributed by atoms with Crippen LogP contribution in [0.1, 0.15) is 11.4 Å². The zero-order valence-electron chi connectivity index (χ0n) is 18.5. The fourth-order valence-corrected chi connectivity index (χ4v) is 4.24. The van der Waals surface area contributed by atoms with Crippen molar-refractivity contribution in [3.05, 3.63) is 103 Å². The number of aryl methyl sites for hydroxylation is 2. The number of hydrogen-bond donors (Lipinski definition) is 0. The zero-order chi connectivity index (χ0) is 22.4. The molecule has 0 spiro atoms. The van der Waals surface area contributed by atoms with E-state index >= 15 is 0 Å². The maximum absolute atomic E-state index is 6.23. The maximum Gasteiger partial charge on any atom is 0.232 e. The number of aromatic nitrogens is 5. The van der Waals surface area contributed by atoms with Gasteiger partial charge in [0.1, 0.15) is 5.75 Å². The van der Waals surface area contributed by atoms with Crippen LogP contribution in [0.3, 0.4) is 0 Å². The van der Waals surface area contributed by atoms with Gasteiger partial charge in [-0.25, -0.2) is 14.6 Å². The predicted octanol–water partition coefficient (Wildman–Crippen LogP) is 5.97. The summed E-state index contributed by atoms with van der Waals surface area (Å²) in [4.78, 5) is 8.94. The fraction of sp³-hybridized carbons (Fsp3) is 0.0741. The molecule has 34 heavy (non-hydrogen) atoms. The molecule has 0 aliphatic heterocycles. The first kappa shape index (κ1) is 22.1. The van der Waals surface area contributed by atoms with Crippen LogP contribution in [0.25, 0.3) is 33.4 Å². The number of para-hydroxylation sites is 1. The van der Waals surface area contributed by atoms with E-state index in [1.807, 2.05) is 71.6 Å². The SMILES string of the molecule is Cc1cc(C)n(-c2cccc(Oc3[c-]c4c(cc3)c3ccccc3n4-c3ncccn3)c2)n1.[Pt]. The molecule has 0 N–H and O–H groups in total. The van der Waals surface area contributed by atoms with Gasteiger partial charge in [0.05, 0.1) is 11.4 Å². The monoisotopic (exact) mass is 625 g/mol. The minimum atomic E-state index is 0. The Balaban J connectivity index is 0.00000241. The quantitative estimate of drug-likeness (QED) is 0.227. The first-order valence-electron chi connectivity index (χ1n) is 10.7. The topological polar surface area (TPSA) is 57.8 Å². The number of benzene rings is 3. The van der Waals surface area contributed by atoms with Gasteiger partial charge in [0.15, 0.2) is 0 Å². The average molecular weight is 626 g/mol. The Morgan fingerprint density at radius 2 is 1.65 bits per heavy atom. The molecule has 6 nitrogen and oxygen atoms in total. The van der Waals surface area contributed by atoms with Crippen LogP contribution in [0.5, 0.6) is 11.5 Å². The van der Waals surface area contributed by atoms with E-state index in [-0.39, 0.29) is 21.1 Å². The molecule has 3 aromatic heterocycles. The van der Waals surface area contributed by atoms with Gasteiger partial charge in [-0.3, -0.25) is 0 Å². The van der Waals surface area contributed by atoms with Crippen molar-refractivity contribution in [2.45, 2.75) is 13.8 Å². The zero-order valence-corrected chi connectivity index (χ0v) is 20.8. The van der Waals surface area contributed by atoms with Crippen molar-refractivity contribution in [2.75, 3.05) is 0 Å². The second-order valence-electron chi connectivity index (χ2n) is 7.92. The van der Waals surface area contributed by atoms with E-state index in [0.717, 1.165) is 38.9 Å². The Labute approximate surface area is 211 Å². The molecule has 0 aliphatic rings. The van der Waals surface area contributed by atoms with Gasteiger partial charge in [-0.05, 0) is 49.6 Å². The van der Waals surface area contributed by atoms with Crippen molar-refractivity contribution in [3.8, 4) is 23.1 Å². The van der Waals surface area contributed by atoms with Gasteiger partial charge in [-0.1, -0.05) is 29.8 Å². The molecule has 0 fully saturated rings. The van der Waals surface area contributed by atoms with Crippen LogP contribution in [0, 0.1) is 19.9 Å². The third-order valence-corrected chi connectivity index (χ3v) is 5.61. The predicted molar refractivity (Wildman–Crippen MR) is 128 cm³/mol. The first-order valence-corrected chi connectivity index (χ1v) is 10.7. The molecule has 170 valence electrons. The van der Waals surface area contributed by atoms with E-state index in [0.29, 0.717) is 17.4 Å². The summed E-state index contributed by atoms with van der Waals surface area (Å²) in [7, 11) is 0. The molecule has 0 radical (unpaired) electrons. The summed E-state index contributed by atoms with van der Waals surface area (Å²) in [6.45, 7) is 4.03. The van der Waals surface area contributed by atoms with Crippen LogP contribution >= 0.6 is 0 Å². The summed E-state index contributed by atoms with van der Waals surface area (Å²) in [5.74, 6) is 1.94. The second-order valence-corrected chi connectivity index (χ2v) is 7.92. The van der Waals surface area contributed by atoms with Gasteiger partial charge < -0.3 is 9.30 Å². The summed E-state index contributed by atoms with van der Waals surface area (Å²) in [5, 5.41) is 6.77. The van der Waals surface area contributed by atoms with Crippen molar-refractivity contribution < 1.29 is 25.8 Å². The molecule has 6 aromatic rings. The number of fused-ring (bicyclic) bond motifs is 3. The Hall–Kier alpha value is -3.76. The molecular formula is C27H20N5OPt-. The van der Waals surface area contributed by atoms with Crippen LogP contribution in [-0.2, 0) is 21.1 Å². The number of nitrogens with zero attached hydrogens (tertiary/aromatic N) is 5. The number of hydrogen-bond acceptors (Lipinski definition) is 4. The van der Waals surface area contributed by atoms with Gasteiger partial charge in [0.2, 0.25) is 5.95 Å². The summed E-state index contributed by atoms with van der Waals surface area (Å²) in [6.07, 6.45) is 3.49. The van der Waals surface area contributed by atoms with Gasteiger partial charge in [0.25, 0.3) is 0 Å². The standard InChI is InChI=1S/C27H20N5O.Pt/c1-18-15-19(2)32(30-18)20-7-5-8-21(16-20)33-22-11-12-24-23-9-3-4-10-25(23)31(26(24)17-22)27-28-13-6-14-29-27;/h3-16H,1-2H3;/q-1;. The Bertz CT molecular complexity index is 1620. The van der Waals surface area contributed by atoms with Gasteiger partial charge in [-0.2, -0.15) is 11.2 Å². The smallest absolute Gasteiger partial charge is 0.232 e. The molecule has 6 rings (SSSR count). The van der Waals surface area contributed by atoms with Crippen molar-refractivity contribution in [3.63, 3.8) is 0 Å². The molecule has 0 unspecified atom stereocenters. The number of ether oxygens (including phenoxy) is 1. The summed E-state index contributed by atoms with van der Waals surface area (Å²) in [6, 6.07) is 27.4. The normalized spacial score (nSPS) is 11.0. The molecule has 0 amide bonds. The first-order chi connectivity index (χ1) is 16.2. The minimum Gasteiger partial charge on any atom is -0.483 e. The average Bonchev–Trinajstić information content (AvgIpc) is 3.35. The van der Waals surface area contributed by atoms with Crippen molar-refractivity contribution in [1.29, 1.82) is 0 Å². The Morgan fingerprint density at radius 1 is 0.824 bits per heavy atom. The Kier molecular flexibility index (Phi) is 5.76. The fourth-order valence-electron chi connectivity index (χ4n) is 4.24. The second kappa shape index (κ2) is 8.88. The van der Waals surface area contributed by atoms with Gasteiger partial charge in [-0.15, -0.1) is 17.5 Å². The van der Waals surface area contributed by atoms with Crippen molar-refractivity contribution in [1.82, 2.24) is 24.3 Å². The van der Waals surface area contributed by atoms with Crippen molar-refractivity contribution >= 4 is 21.8 Å². The summed E-state index contributed by atoms with van der Waals surface area (Å²) >= 11 is 0. The largest absolute Gasteiger partial charge is 0.483 e. The van der Waals surface area contributed by atoms with Crippen LogP contribution in [0.4, 0.5) is 0 Å². The molecule has 0 saturated carbocycles. The van der Waals surface area contributed by atoms with Gasteiger partial charge >= 0.3 is 0 Å². The van der Waals surface area contributed by atoms with E-state index in [4.69, 9.17) is 4.74 Å². The van der Waals surface area contributed by atoms with E-state index < -0.39 is 0 Å². The molecule has 0 aliphatic carbocycles. The summed E-state index contributed by atoms with van der Waals surface area (Å²) < 4.78 is 10.2. The third-order valence-electron chi connectivity index (χ3n) is 5.61. The van der Waals surface area contributed by atoms with Crippen LogP contribution < -0.4 is 4.74 Å². The minimum absolute atomic E-state index is 0. The molecule has 7 heteroatoms. The summed E-state index contributed by atoms with van der Waals surface area (Å²) in [5.41, 5.74) is 4.90. The van der Waals surface area contributed by atoms with E-state index in [9.17, 15) is 0 Å². The van der Waals surface area contributed by atoms with Gasteiger partial charge in [0, 0.05) is 56.5 Å².